The molecule has 0 spiro atoms. The van der Waals surface area contributed by atoms with Crippen LogP contribution in [-0.2, 0) is 5.41 Å². The first-order valence-corrected chi connectivity index (χ1v) is 23.1. The van der Waals surface area contributed by atoms with Crippen LogP contribution >= 0.6 is 0 Å². The molecule has 14 aromatic rings. The minimum absolute atomic E-state index is 0.650. The van der Waals surface area contributed by atoms with Gasteiger partial charge >= 0.3 is 0 Å². The number of fused-ring (bicyclic) bond motifs is 15. The van der Waals surface area contributed by atoms with Crippen molar-refractivity contribution in [1.82, 2.24) is 0 Å². The third-order valence-electron chi connectivity index (χ3n) is 14.8. The monoisotopic (exact) mass is 850 g/mol. The molecule has 67 heavy (non-hydrogen) atoms. The minimum atomic E-state index is -0.650. The number of furan rings is 2. The quantitative estimate of drug-likeness (QED) is 0.176. The summed E-state index contributed by atoms with van der Waals surface area (Å²) in [6, 6.07) is 84.7. The van der Waals surface area contributed by atoms with Gasteiger partial charge < -0.3 is 8.83 Å². The van der Waals surface area contributed by atoms with E-state index < -0.39 is 5.41 Å². The fourth-order valence-corrected chi connectivity index (χ4v) is 11.9. The summed E-state index contributed by atoms with van der Waals surface area (Å²) in [5.41, 5.74) is 14.7. The van der Waals surface area contributed by atoms with E-state index in [1.165, 1.54) is 76.5 Å². The van der Waals surface area contributed by atoms with Crippen LogP contribution in [0.4, 0.5) is 0 Å². The Morgan fingerprint density at radius 3 is 1.07 bits per heavy atom. The molecule has 0 saturated carbocycles. The van der Waals surface area contributed by atoms with Gasteiger partial charge in [-0.2, -0.15) is 0 Å². The molecule has 0 saturated heterocycles. The van der Waals surface area contributed by atoms with Crippen LogP contribution in [0.15, 0.2) is 239 Å². The number of hydrogen-bond acceptors (Lipinski definition) is 2. The van der Waals surface area contributed by atoms with Crippen LogP contribution in [0.1, 0.15) is 22.3 Å². The van der Waals surface area contributed by atoms with Crippen LogP contribution in [0.25, 0.3) is 120 Å². The predicted molar refractivity (Wildman–Crippen MR) is 279 cm³/mol. The summed E-state index contributed by atoms with van der Waals surface area (Å²) >= 11 is 0. The molecule has 0 unspecified atom stereocenters. The lowest BCUT2D eigenvalue weighted by molar-refractivity contribution is 0.670. The van der Waals surface area contributed by atoms with Crippen LogP contribution < -0.4 is 0 Å². The largest absolute Gasteiger partial charge is 0.455 e. The highest BCUT2D eigenvalue weighted by Gasteiger charge is 2.46. The first-order valence-electron chi connectivity index (χ1n) is 23.1. The van der Waals surface area contributed by atoms with Gasteiger partial charge in [-0.25, -0.2) is 0 Å². The maximum atomic E-state index is 7.02. The van der Waals surface area contributed by atoms with Crippen molar-refractivity contribution in [3.8, 4) is 33.4 Å². The summed E-state index contributed by atoms with van der Waals surface area (Å²) in [5, 5.41) is 14.1. The molecule has 1 aliphatic carbocycles. The van der Waals surface area contributed by atoms with Gasteiger partial charge in [0.2, 0.25) is 0 Å². The Hall–Kier alpha value is -8.72. The molecule has 0 aliphatic heterocycles. The van der Waals surface area contributed by atoms with Crippen LogP contribution in [0.3, 0.4) is 0 Å². The summed E-state index contributed by atoms with van der Waals surface area (Å²) in [4.78, 5) is 0. The molecule has 2 heterocycles. The molecule has 0 atom stereocenters. The van der Waals surface area contributed by atoms with Crippen molar-refractivity contribution < 1.29 is 8.83 Å². The van der Waals surface area contributed by atoms with E-state index in [1.54, 1.807) is 0 Å². The van der Waals surface area contributed by atoms with Crippen molar-refractivity contribution in [2.75, 3.05) is 0 Å². The van der Waals surface area contributed by atoms with Gasteiger partial charge in [-0.3, -0.25) is 0 Å². The van der Waals surface area contributed by atoms with Crippen molar-refractivity contribution in [2.45, 2.75) is 5.41 Å². The fourth-order valence-electron chi connectivity index (χ4n) is 11.9. The van der Waals surface area contributed by atoms with Gasteiger partial charge in [-0.05, 0) is 136 Å². The predicted octanol–water partition coefficient (Wildman–Crippen LogP) is 17.8. The van der Waals surface area contributed by atoms with E-state index in [1.807, 2.05) is 0 Å². The maximum absolute atomic E-state index is 7.02. The van der Waals surface area contributed by atoms with E-state index in [0.717, 1.165) is 66.1 Å². The third kappa shape index (κ3) is 5.10. The van der Waals surface area contributed by atoms with Crippen LogP contribution in [0, 0.1) is 0 Å². The second-order valence-corrected chi connectivity index (χ2v) is 18.3. The Kier molecular flexibility index (Phi) is 7.46. The summed E-state index contributed by atoms with van der Waals surface area (Å²) in [6.07, 6.45) is 0. The first-order chi connectivity index (χ1) is 33.2. The lowest BCUT2D eigenvalue weighted by Crippen LogP contribution is -2.28. The zero-order valence-corrected chi connectivity index (χ0v) is 36.3. The van der Waals surface area contributed by atoms with Crippen LogP contribution in [-0.4, -0.2) is 0 Å². The molecule has 2 heteroatoms. The van der Waals surface area contributed by atoms with E-state index in [2.05, 4.69) is 231 Å². The molecule has 2 aromatic heterocycles. The highest BCUT2D eigenvalue weighted by Crippen LogP contribution is 2.58. The molecule has 0 amide bonds. The van der Waals surface area contributed by atoms with Crippen molar-refractivity contribution >= 4 is 87.0 Å². The Bertz CT molecular complexity index is 4100. The maximum Gasteiger partial charge on any atom is 0.143 e. The van der Waals surface area contributed by atoms with E-state index in [-0.39, 0.29) is 0 Å². The zero-order valence-electron chi connectivity index (χ0n) is 36.3. The topological polar surface area (TPSA) is 26.3 Å². The third-order valence-corrected chi connectivity index (χ3v) is 14.8. The number of rotatable bonds is 4. The molecule has 1 aliphatic rings. The molecule has 0 radical (unpaired) electrons. The lowest BCUT2D eigenvalue weighted by atomic mass is 9.67. The van der Waals surface area contributed by atoms with Gasteiger partial charge in [-0.15, -0.1) is 0 Å². The molecule has 0 N–H and O–H groups in total. The highest BCUT2D eigenvalue weighted by molar-refractivity contribution is 6.25. The second-order valence-electron chi connectivity index (χ2n) is 18.3. The molecule has 12 aromatic carbocycles. The summed E-state index contributed by atoms with van der Waals surface area (Å²) in [6.45, 7) is 0. The van der Waals surface area contributed by atoms with E-state index in [9.17, 15) is 0 Å². The average molecular weight is 851 g/mol. The molecule has 2 nitrogen and oxygen atoms in total. The molecule has 0 fully saturated rings. The van der Waals surface area contributed by atoms with Crippen molar-refractivity contribution in [3.05, 3.63) is 253 Å². The molecular weight excluding hydrogens is 813 g/mol. The standard InChI is InChI=1S/C65H38O2/c1-3-21-47(22-4-1)65(48-23-5-2-6-24-48)57-35-45(53-33-43-19-11-13-25-49(43)61-55-31-39-15-7-9-17-41(39)37-59(55)66-63(53)61)27-29-51(57)52-30-28-46(36-58(52)65)54-34-44-20-12-14-26-50(44)62-56-32-40-16-8-10-18-42(40)38-60(56)67-64(54)62/h1-38H. The molecular formula is C65H38O2. The van der Waals surface area contributed by atoms with Crippen LogP contribution in [0.5, 0.6) is 0 Å². The zero-order chi connectivity index (χ0) is 43.8. The first kappa shape index (κ1) is 36.6. The van der Waals surface area contributed by atoms with Crippen molar-refractivity contribution in [3.63, 3.8) is 0 Å². The van der Waals surface area contributed by atoms with E-state index in [4.69, 9.17) is 8.83 Å². The number of benzene rings is 12. The second kappa shape index (κ2) is 13.7. The van der Waals surface area contributed by atoms with Crippen LogP contribution in [0.2, 0.25) is 0 Å². The van der Waals surface area contributed by atoms with Gasteiger partial charge in [0.15, 0.2) is 0 Å². The highest BCUT2D eigenvalue weighted by atomic mass is 16.3. The number of hydrogen-bond donors (Lipinski definition) is 0. The lowest BCUT2D eigenvalue weighted by Gasteiger charge is -2.34. The minimum Gasteiger partial charge on any atom is -0.455 e. The molecule has 15 rings (SSSR count). The Morgan fingerprint density at radius 1 is 0.269 bits per heavy atom. The normalized spacial score (nSPS) is 13.2. The average Bonchev–Trinajstić information content (AvgIpc) is 4.05. The van der Waals surface area contributed by atoms with Gasteiger partial charge in [0.25, 0.3) is 0 Å². The molecule has 310 valence electrons. The Balaban J connectivity index is 1.01. The van der Waals surface area contributed by atoms with Crippen molar-refractivity contribution in [1.29, 1.82) is 0 Å². The summed E-state index contributed by atoms with van der Waals surface area (Å²) in [5.74, 6) is 0. The molecule has 0 bridgehead atoms. The van der Waals surface area contributed by atoms with E-state index in [0.29, 0.717) is 0 Å². The van der Waals surface area contributed by atoms with Gasteiger partial charge in [0.1, 0.15) is 22.3 Å². The van der Waals surface area contributed by atoms with Gasteiger partial charge in [0.05, 0.1) is 5.41 Å². The fraction of sp³-hybridized carbons (Fsp3) is 0.0154. The summed E-state index contributed by atoms with van der Waals surface area (Å²) in [7, 11) is 0. The SMILES string of the molecule is c1ccc(C2(c3ccccc3)c3cc(-c4cc5ccccc5c5c4oc4cc6ccccc6cc45)ccc3-c3ccc(-c4cc5ccccc5c5c4oc4cc6ccccc6cc45)cc32)cc1. The van der Waals surface area contributed by atoms with Crippen molar-refractivity contribution in [2.24, 2.45) is 0 Å². The summed E-state index contributed by atoms with van der Waals surface area (Å²) < 4.78 is 14.0. The van der Waals surface area contributed by atoms with Gasteiger partial charge in [-0.1, -0.05) is 182 Å². The Labute approximate surface area is 385 Å². The van der Waals surface area contributed by atoms with Gasteiger partial charge in [0, 0.05) is 32.7 Å². The van der Waals surface area contributed by atoms with E-state index >= 15 is 0 Å². The smallest absolute Gasteiger partial charge is 0.143 e. The Morgan fingerprint density at radius 2 is 0.642 bits per heavy atom.